The van der Waals surface area contributed by atoms with Crippen molar-refractivity contribution in [1.82, 2.24) is 9.96 Å². The molecule has 50 heavy (non-hydrogen) atoms. The van der Waals surface area contributed by atoms with Crippen molar-refractivity contribution in [3.05, 3.63) is 118 Å². The molecule has 0 aliphatic carbocycles. The van der Waals surface area contributed by atoms with Crippen LogP contribution < -0.4 is 18.9 Å². The van der Waals surface area contributed by atoms with Crippen molar-refractivity contribution in [3.63, 3.8) is 0 Å². The average Bonchev–Trinajstić information content (AvgIpc) is 3.40. The molecule has 1 saturated heterocycles. The molecule has 3 amide bonds. The van der Waals surface area contributed by atoms with E-state index in [4.69, 9.17) is 40.1 Å². The molecular formula is C38H37ClN2O9. The molecule has 4 aromatic rings. The summed E-state index contributed by atoms with van der Waals surface area (Å²) in [5, 5.41) is 1.11. The van der Waals surface area contributed by atoms with Crippen LogP contribution in [0.3, 0.4) is 0 Å². The van der Waals surface area contributed by atoms with E-state index in [1.54, 1.807) is 44.6 Å². The van der Waals surface area contributed by atoms with Gasteiger partial charge < -0.3 is 23.7 Å². The van der Waals surface area contributed by atoms with Crippen molar-refractivity contribution in [2.75, 3.05) is 33.9 Å². The Hall–Kier alpha value is -5.10. The Morgan fingerprint density at radius 3 is 1.98 bits per heavy atom. The minimum absolute atomic E-state index is 0.00892. The number of amides is 3. The number of ether oxygens (including phenoxy) is 5. The molecule has 12 heteroatoms. The number of fused-ring (bicyclic) bond motifs is 1. The number of hydrogen-bond acceptors (Lipinski definition) is 9. The summed E-state index contributed by atoms with van der Waals surface area (Å²) in [5.74, 6) is 0.440. The van der Waals surface area contributed by atoms with Gasteiger partial charge in [0.1, 0.15) is 24.7 Å². The van der Waals surface area contributed by atoms with Crippen molar-refractivity contribution in [2.24, 2.45) is 0 Å². The van der Waals surface area contributed by atoms with Crippen LogP contribution in [0.5, 0.6) is 23.0 Å². The number of rotatable bonds is 14. The molecule has 1 fully saturated rings. The van der Waals surface area contributed by atoms with E-state index in [1.165, 1.54) is 6.07 Å². The monoisotopic (exact) mass is 700 g/mol. The van der Waals surface area contributed by atoms with Crippen LogP contribution >= 0.6 is 11.6 Å². The summed E-state index contributed by atoms with van der Waals surface area (Å²) < 4.78 is 28.7. The Morgan fingerprint density at radius 1 is 0.820 bits per heavy atom. The van der Waals surface area contributed by atoms with Crippen LogP contribution in [0.15, 0.2) is 84.9 Å². The van der Waals surface area contributed by atoms with Crippen LogP contribution in [0, 0.1) is 0 Å². The molecular weight excluding hydrogens is 664 g/mol. The topological polar surface area (TPSA) is 113 Å². The van der Waals surface area contributed by atoms with Crippen molar-refractivity contribution in [2.45, 2.75) is 38.8 Å². The smallest absolute Gasteiger partial charge is 0.279 e. The van der Waals surface area contributed by atoms with Crippen LogP contribution in [0.4, 0.5) is 0 Å². The zero-order chi connectivity index (χ0) is 35.0. The molecule has 1 atom stereocenters. The maximum Gasteiger partial charge on any atom is 0.279 e. The van der Waals surface area contributed by atoms with Gasteiger partial charge in [-0.1, -0.05) is 48.0 Å². The van der Waals surface area contributed by atoms with Gasteiger partial charge in [-0.3, -0.25) is 19.3 Å². The highest BCUT2D eigenvalue weighted by molar-refractivity contribution is 6.35. The fourth-order valence-corrected chi connectivity index (χ4v) is 5.91. The number of hydroxylamine groups is 2. The number of carbonyl (C=O) groups excluding carboxylic acids is 3. The Kier molecular flexibility index (Phi) is 11.2. The molecule has 4 aromatic carbocycles. The number of methoxy groups -OCH3 is 2. The summed E-state index contributed by atoms with van der Waals surface area (Å²) in [7, 11) is 3.19. The van der Waals surface area contributed by atoms with Crippen LogP contribution in [0.2, 0.25) is 5.02 Å². The molecule has 0 N–H and O–H groups in total. The molecule has 6 rings (SSSR count). The van der Waals surface area contributed by atoms with Gasteiger partial charge in [-0.25, -0.2) is 9.90 Å². The number of halogens is 1. The predicted octanol–water partition coefficient (Wildman–Crippen LogP) is 6.71. The highest BCUT2D eigenvalue weighted by Crippen LogP contribution is 2.40. The largest absolute Gasteiger partial charge is 0.497 e. The minimum Gasteiger partial charge on any atom is -0.497 e. The van der Waals surface area contributed by atoms with Gasteiger partial charge in [-0.2, -0.15) is 0 Å². The van der Waals surface area contributed by atoms with Gasteiger partial charge in [0, 0.05) is 19.6 Å². The summed E-state index contributed by atoms with van der Waals surface area (Å²) in [6.07, 6.45) is 1.61. The second-order valence-corrected chi connectivity index (χ2v) is 12.0. The quantitative estimate of drug-likeness (QED) is 0.105. The maximum absolute atomic E-state index is 14.2. The van der Waals surface area contributed by atoms with E-state index in [0.717, 1.165) is 39.7 Å². The second kappa shape index (κ2) is 16.1. The lowest BCUT2D eigenvalue weighted by Crippen LogP contribution is -2.43. The van der Waals surface area contributed by atoms with Gasteiger partial charge in [-0.15, -0.1) is 0 Å². The first kappa shape index (κ1) is 34.8. The van der Waals surface area contributed by atoms with Gasteiger partial charge >= 0.3 is 0 Å². The number of benzene rings is 4. The highest BCUT2D eigenvalue weighted by Gasteiger charge is 2.36. The fraction of sp³-hybridized carbons (Fsp3) is 0.289. The third kappa shape index (κ3) is 7.86. The Balaban J connectivity index is 1.26. The average molecular weight is 701 g/mol. The zero-order valence-electron chi connectivity index (χ0n) is 27.8. The van der Waals surface area contributed by atoms with E-state index in [9.17, 15) is 14.4 Å². The van der Waals surface area contributed by atoms with Crippen LogP contribution in [0.25, 0.3) is 0 Å². The highest BCUT2D eigenvalue weighted by atomic mass is 35.5. The maximum atomic E-state index is 14.2. The first-order valence-corrected chi connectivity index (χ1v) is 16.6. The van der Waals surface area contributed by atoms with E-state index >= 15 is 0 Å². The van der Waals surface area contributed by atoms with E-state index in [2.05, 4.69) is 0 Å². The van der Waals surface area contributed by atoms with Crippen molar-refractivity contribution in [1.29, 1.82) is 0 Å². The van der Waals surface area contributed by atoms with Gasteiger partial charge in [0.2, 0.25) is 0 Å². The van der Waals surface area contributed by atoms with Gasteiger partial charge in [-0.05, 0) is 72.5 Å². The Labute approximate surface area is 295 Å². The lowest BCUT2D eigenvalue weighted by molar-refractivity contribution is -0.267. The summed E-state index contributed by atoms with van der Waals surface area (Å²) in [4.78, 5) is 47.6. The summed E-state index contributed by atoms with van der Waals surface area (Å²) in [6, 6.07) is 24.6. The normalized spacial score (nSPS) is 15.4. The van der Waals surface area contributed by atoms with Crippen LogP contribution in [0.1, 0.15) is 61.5 Å². The number of nitrogens with zero attached hydrogens (tertiary/aromatic N) is 2. The number of carbonyl (C=O) groups is 3. The molecule has 0 spiro atoms. The lowest BCUT2D eigenvalue weighted by Gasteiger charge is -2.30. The molecule has 0 radical (unpaired) electrons. The predicted molar refractivity (Wildman–Crippen MR) is 184 cm³/mol. The summed E-state index contributed by atoms with van der Waals surface area (Å²) in [6.45, 7) is 0.567. The van der Waals surface area contributed by atoms with Gasteiger partial charge in [0.15, 0.2) is 17.8 Å². The lowest BCUT2D eigenvalue weighted by atomic mass is 10.1. The van der Waals surface area contributed by atoms with E-state index in [1.807, 2.05) is 48.5 Å². The molecule has 2 aliphatic heterocycles. The van der Waals surface area contributed by atoms with E-state index in [0.29, 0.717) is 35.7 Å². The van der Waals surface area contributed by atoms with Crippen molar-refractivity contribution in [3.8, 4) is 23.0 Å². The van der Waals surface area contributed by atoms with Crippen LogP contribution in [-0.4, -0.2) is 67.9 Å². The first-order chi connectivity index (χ1) is 24.4. The first-order valence-electron chi connectivity index (χ1n) is 16.3. The molecule has 0 bridgehead atoms. The zero-order valence-corrected chi connectivity index (χ0v) is 28.5. The molecule has 0 aromatic heterocycles. The Bertz CT molecular complexity index is 1790. The standard InChI is InChI=1S/C38H37ClN2O9/c1-45-27-14-10-25(11-15-27)23-48-32-19-18-31(34(39)35(32)49-24-26-12-16-28(46-2)17-13-26)38(44)41(50-33-9-5-6-22-47-33)21-20-40-36(42)29-7-3-4-8-30(29)37(40)43/h3-4,7-8,10-19,33H,5-6,9,20-24H2,1-2H3. The van der Waals surface area contributed by atoms with Crippen molar-refractivity contribution < 1.29 is 42.9 Å². The second-order valence-electron chi connectivity index (χ2n) is 11.6. The third-order valence-corrected chi connectivity index (χ3v) is 8.78. The number of imide groups is 1. The summed E-state index contributed by atoms with van der Waals surface area (Å²) in [5.41, 5.74) is 2.42. The Morgan fingerprint density at radius 2 is 1.42 bits per heavy atom. The molecule has 2 aliphatic rings. The third-order valence-electron chi connectivity index (χ3n) is 8.40. The molecule has 260 valence electrons. The van der Waals surface area contributed by atoms with Gasteiger partial charge in [0.05, 0.1) is 42.5 Å². The fourth-order valence-electron chi connectivity index (χ4n) is 5.62. The molecule has 2 heterocycles. The van der Waals surface area contributed by atoms with Crippen LogP contribution in [-0.2, 0) is 22.8 Å². The minimum atomic E-state index is -0.688. The number of hydrogen-bond donors (Lipinski definition) is 0. The molecule has 1 unspecified atom stereocenters. The van der Waals surface area contributed by atoms with Gasteiger partial charge in [0.25, 0.3) is 17.7 Å². The van der Waals surface area contributed by atoms with E-state index in [-0.39, 0.29) is 42.6 Å². The molecule has 0 saturated carbocycles. The van der Waals surface area contributed by atoms with E-state index < -0.39 is 24.0 Å². The SMILES string of the molecule is COc1ccc(COc2ccc(C(=O)N(CCN3C(=O)c4ccccc4C3=O)OC3CCCCO3)c(Cl)c2OCc2ccc(OC)cc2)cc1. The molecule has 11 nitrogen and oxygen atoms in total. The van der Waals surface area contributed by atoms with Crippen molar-refractivity contribution >= 4 is 29.3 Å². The summed E-state index contributed by atoms with van der Waals surface area (Å²) >= 11 is 6.97.